The van der Waals surface area contributed by atoms with Gasteiger partial charge in [0.2, 0.25) is 17.6 Å². The largest absolute Gasteiger partial charge is 0.494 e. The summed E-state index contributed by atoms with van der Waals surface area (Å²) >= 11 is 0. The summed E-state index contributed by atoms with van der Waals surface area (Å²) < 4.78 is 16.5. The number of carbonyl (C=O) groups excluding carboxylic acids is 1. The van der Waals surface area contributed by atoms with Crippen molar-refractivity contribution in [2.45, 2.75) is 38.7 Å². The number of rotatable bonds is 8. The molecule has 2 aliphatic heterocycles. The van der Waals surface area contributed by atoms with Crippen LogP contribution in [0.5, 0.6) is 5.75 Å². The van der Waals surface area contributed by atoms with Gasteiger partial charge in [0.05, 0.1) is 12.7 Å². The third-order valence-corrected chi connectivity index (χ3v) is 5.66. The number of hydrogen-bond donors (Lipinski definition) is 0. The molecule has 1 unspecified atom stereocenters. The lowest BCUT2D eigenvalue weighted by Crippen LogP contribution is -2.50. The Morgan fingerprint density at radius 2 is 2.00 bits per heavy atom. The maximum Gasteiger partial charge on any atom is 0.227 e. The number of hydrogen-bond acceptors (Lipinski definition) is 7. The lowest BCUT2D eigenvalue weighted by Gasteiger charge is -2.35. The predicted molar refractivity (Wildman–Crippen MR) is 111 cm³/mol. The van der Waals surface area contributed by atoms with Gasteiger partial charge in [-0.1, -0.05) is 5.16 Å². The summed E-state index contributed by atoms with van der Waals surface area (Å²) in [4.78, 5) is 21.4. The smallest absolute Gasteiger partial charge is 0.227 e. The van der Waals surface area contributed by atoms with Gasteiger partial charge in [-0.25, -0.2) is 0 Å². The monoisotopic (exact) mass is 414 g/mol. The van der Waals surface area contributed by atoms with Gasteiger partial charge in [-0.3, -0.25) is 9.69 Å². The summed E-state index contributed by atoms with van der Waals surface area (Å²) in [6, 6.07) is 7.58. The molecular formula is C22H30N4O4. The van der Waals surface area contributed by atoms with E-state index >= 15 is 0 Å². The predicted octanol–water partition coefficient (Wildman–Crippen LogP) is 2.39. The Kier molecular flexibility index (Phi) is 6.96. The molecule has 3 heterocycles. The Morgan fingerprint density at radius 3 is 2.70 bits per heavy atom. The minimum Gasteiger partial charge on any atom is -0.494 e. The number of aryl methyl sites for hydroxylation is 1. The standard InChI is InChI=1S/C22H30N4O4/c1-2-28-18-7-5-17(6-8-18)22-23-20(30-24-22)9-10-21(27)26-13-11-25(12-14-26)16-19-4-3-15-29-19/h5-8,19H,2-4,9-16H2,1H3. The number of amides is 1. The quantitative estimate of drug-likeness (QED) is 0.656. The highest BCUT2D eigenvalue weighted by Gasteiger charge is 2.25. The number of ether oxygens (including phenoxy) is 2. The highest BCUT2D eigenvalue weighted by molar-refractivity contribution is 5.76. The zero-order chi connectivity index (χ0) is 20.8. The van der Waals surface area contributed by atoms with E-state index in [0.717, 1.165) is 57.1 Å². The molecule has 1 amide bonds. The molecule has 0 spiro atoms. The Hall–Kier alpha value is -2.45. The van der Waals surface area contributed by atoms with E-state index in [1.54, 1.807) is 0 Å². The van der Waals surface area contributed by atoms with Crippen molar-refractivity contribution in [1.82, 2.24) is 19.9 Å². The van der Waals surface area contributed by atoms with E-state index in [4.69, 9.17) is 14.0 Å². The SMILES string of the molecule is CCOc1ccc(-c2noc(CCC(=O)N3CCN(CC4CCCO4)CC3)n2)cc1. The van der Waals surface area contributed by atoms with Crippen molar-refractivity contribution in [1.29, 1.82) is 0 Å². The van der Waals surface area contributed by atoms with Crippen molar-refractivity contribution < 1.29 is 18.8 Å². The van der Waals surface area contributed by atoms with Crippen LogP contribution < -0.4 is 4.74 Å². The molecule has 8 heteroatoms. The minimum atomic E-state index is 0.146. The highest BCUT2D eigenvalue weighted by Crippen LogP contribution is 2.20. The highest BCUT2D eigenvalue weighted by atomic mass is 16.5. The first-order valence-corrected chi connectivity index (χ1v) is 10.9. The molecule has 0 aliphatic carbocycles. The Bertz CT molecular complexity index is 809. The summed E-state index contributed by atoms with van der Waals surface area (Å²) in [6.45, 7) is 7.81. The number of nitrogens with zero attached hydrogens (tertiary/aromatic N) is 4. The average Bonchev–Trinajstić information content (AvgIpc) is 3.46. The van der Waals surface area contributed by atoms with Gasteiger partial charge in [0.25, 0.3) is 0 Å². The summed E-state index contributed by atoms with van der Waals surface area (Å²) in [5, 5.41) is 4.04. The van der Waals surface area contributed by atoms with Gasteiger partial charge in [0, 0.05) is 57.7 Å². The summed E-state index contributed by atoms with van der Waals surface area (Å²) in [6.07, 6.45) is 3.53. The van der Waals surface area contributed by atoms with E-state index in [-0.39, 0.29) is 5.91 Å². The van der Waals surface area contributed by atoms with Gasteiger partial charge in [-0.05, 0) is 44.0 Å². The molecule has 30 heavy (non-hydrogen) atoms. The number of carbonyl (C=O) groups is 1. The van der Waals surface area contributed by atoms with Crippen LogP contribution in [0.3, 0.4) is 0 Å². The zero-order valence-corrected chi connectivity index (χ0v) is 17.6. The third-order valence-electron chi connectivity index (χ3n) is 5.66. The van der Waals surface area contributed by atoms with E-state index in [1.165, 1.54) is 6.42 Å². The second-order valence-corrected chi connectivity index (χ2v) is 7.79. The third kappa shape index (κ3) is 5.37. The molecule has 0 radical (unpaired) electrons. The molecule has 0 saturated carbocycles. The van der Waals surface area contributed by atoms with Crippen LogP contribution in [0.25, 0.3) is 11.4 Å². The number of piperazine rings is 1. The summed E-state index contributed by atoms with van der Waals surface area (Å²) in [7, 11) is 0. The van der Waals surface area contributed by atoms with Crippen LogP contribution in [0.1, 0.15) is 32.1 Å². The van der Waals surface area contributed by atoms with Crippen LogP contribution in [0.2, 0.25) is 0 Å². The zero-order valence-electron chi connectivity index (χ0n) is 17.6. The van der Waals surface area contributed by atoms with Crippen LogP contribution in [-0.2, 0) is 16.0 Å². The van der Waals surface area contributed by atoms with Crippen LogP contribution in [-0.4, -0.2) is 77.9 Å². The fourth-order valence-corrected chi connectivity index (χ4v) is 3.97. The average molecular weight is 415 g/mol. The number of benzene rings is 1. The second kappa shape index (κ2) is 10.0. The second-order valence-electron chi connectivity index (χ2n) is 7.79. The van der Waals surface area contributed by atoms with Crippen molar-refractivity contribution in [3.8, 4) is 17.1 Å². The Balaban J connectivity index is 1.22. The molecule has 162 valence electrons. The van der Waals surface area contributed by atoms with Crippen molar-refractivity contribution in [2.24, 2.45) is 0 Å². The van der Waals surface area contributed by atoms with E-state index in [9.17, 15) is 4.79 Å². The first kappa shape index (κ1) is 20.8. The van der Waals surface area contributed by atoms with Crippen molar-refractivity contribution in [2.75, 3.05) is 45.9 Å². The molecule has 2 fully saturated rings. The molecule has 2 aromatic rings. The molecular weight excluding hydrogens is 384 g/mol. The van der Waals surface area contributed by atoms with Crippen LogP contribution in [0.15, 0.2) is 28.8 Å². The first-order chi connectivity index (χ1) is 14.7. The van der Waals surface area contributed by atoms with Gasteiger partial charge < -0.3 is 18.9 Å². The van der Waals surface area contributed by atoms with Gasteiger partial charge >= 0.3 is 0 Å². The molecule has 0 N–H and O–H groups in total. The van der Waals surface area contributed by atoms with Gasteiger partial charge in [0.1, 0.15) is 5.75 Å². The van der Waals surface area contributed by atoms with Crippen molar-refractivity contribution in [3.05, 3.63) is 30.2 Å². The van der Waals surface area contributed by atoms with Crippen molar-refractivity contribution >= 4 is 5.91 Å². The normalized spacial score (nSPS) is 19.9. The van der Waals surface area contributed by atoms with Crippen LogP contribution in [0, 0.1) is 0 Å². The Labute approximate surface area is 177 Å². The first-order valence-electron chi connectivity index (χ1n) is 10.9. The van der Waals surface area contributed by atoms with Crippen molar-refractivity contribution in [3.63, 3.8) is 0 Å². The molecule has 2 aliphatic rings. The van der Waals surface area contributed by atoms with E-state index in [1.807, 2.05) is 36.1 Å². The maximum absolute atomic E-state index is 12.6. The summed E-state index contributed by atoms with van der Waals surface area (Å²) in [5.74, 6) is 1.98. The maximum atomic E-state index is 12.6. The molecule has 0 bridgehead atoms. The van der Waals surface area contributed by atoms with Gasteiger partial charge in [-0.15, -0.1) is 0 Å². The molecule has 1 atom stereocenters. The van der Waals surface area contributed by atoms with Crippen LogP contribution >= 0.6 is 0 Å². The Morgan fingerprint density at radius 1 is 1.20 bits per heavy atom. The molecule has 4 rings (SSSR count). The fraction of sp³-hybridized carbons (Fsp3) is 0.591. The van der Waals surface area contributed by atoms with Crippen LogP contribution in [0.4, 0.5) is 0 Å². The van der Waals surface area contributed by atoms with E-state index in [0.29, 0.717) is 37.3 Å². The molecule has 2 saturated heterocycles. The molecule has 1 aromatic heterocycles. The van der Waals surface area contributed by atoms with E-state index < -0.39 is 0 Å². The number of aromatic nitrogens is 2. The lowest BCUT2D eigenvalue weighted by molar-refractivity contribution is -0.133. The molecule has 8 nitrogen and oxygen atoms in total. The lowest BCUT2D eigenvalue weighted by atomic mass is 10.2. The fourth-order valence-electron chi connectivity index (χ4n) is 3.97. The van der Waals surface area contributed by atoms with Gasteiger partial charge in [-0.2, -0.15) is 4.98 Å². The van der Waals surface area contributed by atoms with Gasteiger partial charge in [0.15, 0.2) is 0 Å². The topological polar surface area (TPSA) is 80.9 Å². The minimum absolute atomic E-state index is 0.146. The summed E-state index contributed by atoms with van der Waals surface area (Å²) in [5.41, 5.74) is 0.863. The molecule has 1 aromatic carbocycles. The van der Waals surface area contributed by atoms with E-state index in [2.05, 4.69) is 15.0 Å².